The molecule has 2 N–H and O–H groups in total. The number of amides is 1. The topological polar surface area (TPSA) is 49.3 Å². The Balaban J connectivity index is 2.66. The van der Waals surface area contributed by atoms with Gasteiger partial charge in [0, 0.05) is 18.7 Å². The Bertz CT molecular complexity index is 379. The van der Waals surface area contributed by atoms with E-state index in [0.29, 0.717) is 17.7 Å². The molecule has 1 aromatic carbocycles. The summed E-state index contributed by atoms with van der Waals surface area (Å²) in [6, 6.07) is 4.05. The van der Waals surface area contributed by atoms with Gasteiger partial charge in [-0.3, -0.25) is 4.79 Å². The zero-order chi connectivity index (χ0) is 12.1. The second kappa shape index (κ2) is 5.61. The molecule has 0 fully saturated rings. The predicted molar refractivity (Wildman–Crippen MR) is 59.7 cm³/mol. The van der Waals surface area contributed by atoms with Crippen LogP contribution in [0.2, 0.25) is 0 Å². The van der Waals surface area contributed by atoms with Gasteiger partial charge in [0.25, 0.3) is 5.91 Å². The van der Waals surface area contributed by atoms with E-state index < -0.39 is 0 Å². The molecule has 0 aromatic heterocycles. The highest BCUT2D eigenvalue weighted by atomic mass is 19.1. The fraction of sp³-hybridized carbons (Fsp3) is 0.417. The fourth-order valence-corrected chi connectivity index (χ4v) is 1.31. The van der Waals surface area contributed by atoms with E-state index in [2.05, 4.69) is 5.32 Å². The van der Waals surface area contributed by atoms with Gasteiger partial charge >= 0.3 is 0 Å². The molecule has 88 valence electrons. The molecule has 0 bridgehead atoms. The molecule has 1 aromatic rings. The summed E-state index contributed by atoms with van der Waals surface area (Å²) in [5, 5.41) is 11.5. The number of aryl methyl sites for hydroxylation is 1. The van der Waals surface area contributed by atoms with Crippen molar-refractivity contribution in [3.63, 3.8) is 0 Å². The molecule has 1 rings (SSSR count). The maximum absolute atomic E-state index is 12.8. The summed E-state index contributed by atoms with van der Waals surface area (Å²) in [6.45, 7) is 3.96. The second-order valence-electron chi connectivity index (χ2n) is 3.96. The zero-order valence-corrected chi connectivity index (χ0v) is 9.46. The Morgan fingerprint density at radius 2 is 2.25 bits per heavy atom. The summed E-state index contributed by atoms with van der Waals surface area (Å²) < 4.78 is 12.8. The van der Waals surface area contributed by atoms with E-state index in [1.165, 1.54) is 18.2 Å². The first-order chi connectivity index (χ1) is 7.54. The number of aliphatic hydroxyl groups excluding tert-OH is 1. The Hall–Kier alpha value is -1.42. The normalized spacial score (nSPS) is 12.2. The Morgan fingerprint density at radius 1 is 1.56 bits per heavy atom. The highest BCUT2D eigenvalue weighted by molar-refractivity contribution is 5.95. The molecule has 1 unspecified atom stereocenters. The van der Waals surface area contributed by atoms with Crippen molar-refractivity contribution >= 4 is 5.91 Å². The summed E-state index contributed by atoms with van der Waals surface area (Å²) in [7, 11) is 0. The van der Waals surface area contributed by atoms with Gasteiger partial charge in [0.05, 0.1) is 0 Å². The molecule has 1 amide bonds. The highest BCUT2D eigenvalue weighted by Gasteiger charge is 2.10. The van der Waals surface area contributed by atoms with Gasteiger partial charge in [-0.2, -0.15) is 0 Å². The summed E-state index contributed by atoms with van der Waals surface area (Å²) in [4.78, 5) is 11.7. The summed E-state index contributed by atoms with van der Waals surface area (Å²) in [5.74, 6) is -0.569. The van der Waals surface area contributed by atoms with Gasteiger partial charge in [0.1, 0.15) is 5.82 Å². The molecule has 0 spiro atoms. The number of nitrogens with one attached hydrogen (secondary N) is 1. The third-order valence-corrected chi connectivity index (χ3v) is 2.36. The van der Waals surface area contributed by atoms with Gasteiger partial charge in [-0.15, -0.1) is 0 Å². The Kier molecular flexibility index (Phi) is 4.43. The minimum Gasteiger partial charge on any atom is -0.396 e. The first-order valence-corrected chi connectivity index (χ1v) is 5.19. The Labute approximate surface area is 94.3 Å². The SMILES string of the molecule is Cc1cc(F)ccc1C(=O)NCC(C)CO. The van der Waals surface area contributed by atoms with Crippen molar-refractivity contribution in [2.75, 3.05) is 13.2 Å². The van der Waals surface area contributed by atoms with Crippen molar-refractivity contribution in [3.8, 4) is 0 Å². The lowest BCUT2D eigenvalue weighted by molar-refractivity contribution is 0.0941. The maximum atomic E-state index is 12.8. The van der Waals surface area contributed by atoms with Crippen molar-refractivity contribution < 1.29 is 14.3 Å². The number of aliphatic hydroxyl groups is 1. The van der Waals surface area contributed by atoms with Crippen LogP contribution in [0.5, 0.6) is 0 Å². The van der Waals surface area contributed by atoms with Crippen LogP contribution in [0, 0.1) is 18.7 Å². The van der Waals surface area contributed by atoms with Crippen LogP contribution in [0.25, 0.3) is 0 Å². The molecular weight excluding hydrogens is 209 g/mol. The molecule has 0 saturated heterocycles. The standard InChI is InChI=1S/C12H16FNO2/c1-8(7-15)6-14-12(16)11-4-3-10(13)5-9(11)2/h3-5,8,15H,6-7H2,1-2H3,(H,14,16). The van der Waals surface area contributed by atoms with Crippen molar-refractivity contribution in [1.82, 2.24) is 5.32 Å². The highest BCUT2D eigenvalue weighted by Crippen LogP contribution is 2.09. The first kappa shape index (κ1) is 12.6. The molecule has 0 radical (unpaired) electrons. The van der Waals surface area contributed by atoms with Gasteiger partial charge in [0.2, 0.25) is 0 Å². The molecular formula is C12H16FNO2. The van der Waals surface area contributed by atoms with E-state index in [0.717, 1.165) is 0 Å². The van der Waals surface area contributed by atoms with Gasteiger partial charge < -0.3 is 10.4 Å². The van der Waals surface area contributed by atoms with Crippen LogP contribution in [0.15, 0.2) is 18.2 Å². The largest absolute Gasteiger partial charge is 0.396 e. The molecule has 16 heavy (non-hydrogen) atoms. The number of halogens is 1. The van der Waals surface area contributed by atoms with E-state index >= 15 is 0 Å². The van der Waals surface area contributed by atoms with Crippen LogP contribution in [0.4, 0.5) is 4.39 Å². The number of rotatable bonds is 4. The maximum Gasteiger partial charge on any atom is 0.251 e. The van der Waals surface area contributed by atoms with E-state index in [-0.39, 0.29) is 24.2 Å². The van der Waals surface area contributed by atoms with Crippen LogP contribution < -0.4 is 5.32 Å². The van der Waals surface area contributed by atoms with E-state index in [9.17, 15) is 9.18 Å². The molecule has 4 heteroatoms. The minimum atomic E-state index is -0.349. The van der Waals surface area contributed by atoms with Crippen LogP contribution in [-0.4, -0.2) is 24.2 Å². The van der Waals surface area contributed by atoms with Crippen molar-refractivity contribution in [3.05, 3.63) is 35.1 Å². The molecule has 0 aliphatic rings. The lowest BCUT2D eigenvalue weighted by Gasteiger charge is -2.10. The molecule has 0 saturated carbocycles. The quantitative estimate of drug-likeness (QED) is 0.815. The monoisotopic (exact) mass is 225 g/mol. The second-order valence-corrected chi connectivity index (χ2v) is 3.96. The summed E-state index contributed by atoms with van der Waals surface area (Å²) in [6.07, 6.45) is 0. The fourth-order valence-electron chi connectivity index (χ4n) is 1.31. The number of carbonyl (C=O) groups is 1. The average Bonchev–Trinajstić information content (AvgIpc) is 2.25. The molecule has 3 nitrogen and oxygen atoms in total. The van der Waals surface area contributed by atoms with E-state index in [4.69, 9.17) is 5.11 Å². The lowest BCUT2D eigenvalue weighted by Crippen LogP contribution is -2.30. The van der Waals surface area contributed by atoms with Crippen molar-refractivity contribution in [2.45, 2.75) is 13.8 Å². The van der Waals surface area contributed by atoms with E-state index in [1.807, 2.05) is 6.92 Å². The van der Waals surface area contributed by atoms with Crippen molar-refractivity contribution in [2.24, 2.45) is 5.92 Å². The molecule has 0 aliphatic carbocycles. The number of benzene rings is 1. The number of hydrogen-bond donors (Lipinski definition) is 2. The Morgan fingerprint density at radius 3 is 2.81 bits per heavy atom. The van der Waals surface area contributed by atoms with Crippen LogP contribution in [0.1, 0.15) is 22.8 Å². The number of carbonyl (C=O) groups excluding carboxylic acids is 1. The lowest BCUT2D eigenvalue weighted by atomic mass is 10.1. The minimum absolute atomic E-state index is 0.0182. The summed E-state index contributed by atoms with van der Waals surface area (Å²) in [5.41, 5.74) is 1.07. The summed E-state index contributed by atoms with van der Waals surface area (Å²) >= 11 is 0. The first-order valence-electron chi connectivity index (χ1n) is 5.19. The van der Waals surface area contributed by atoms with Crippen LogP contribution in [-0.2, 0) is 0 Å². The van der Waals surface area contributed by atoms with Crippen molar-refractivity contribution in [1.29, 1.82) is 0 Å². The van der Waals surface area contributed by atoms with Gasteiger partial charge in [-0.1, -0.05) is 6.92 Å². The van der Waals surface area contributed by atoms with Gasteiger partial charge in [-0.05, 0) is 36.6 Å². The predicted octanol–water partition coefficient (Wildman–Crippen LogP) is 1.49. The van der Waals surface area contributed by atoms with Gasteiger partial charge in [-0.25, -0.2) is 4.39 Å². The molecule has 0 heterocycles. The average molecular weight is 225 g/mol. The smallest absolute Gasteiger partial charge is 0.251 e. The van der Waals surface area contributed by atoms with Gasteiger partial charge in [0.15, 0.2) is 0 Å². The third kappa shape index (κ3) is 3.31. The van der Waals surface area contributed by atoms with Crippen LogP contribution >= 0.6 is 0 Å². The molecule has 0 aliphatic heterocycles. The number of hydrogen-bond acceptors (Lipinski definition) is 2. The van der Waals surface area contributed by atoms with E-state index in [1.54, 1.807) is 6.92 Å². The zero-order valence-electron chi connectivity index (χ0n) is 9.46. The van der Waals surface area contributed by atoms with Crippen LogP contribution in [0.3, 0.4) is 0 Å². The molecule has 1 atom stereocenters. The third-order valence-electron chi connectivity index (χ3n) is 2.36.